The molecule has 0 radical (unpaired) electrons. The van der Waals surface area contributed by atoms with Gasteiger partial charge in [0.15, 0.2) is 0 Å². The Hall–Kier alpha value is -3.34. The van der Waals surface area contributed by atoms with Crippen LogP contribution in [-0.4, -0.2) is 52.2 Å². The minimum Gasteiger partial charge on any atom is -0.465 e. The molecule has 3 rings (SSSR count). The molecule has 1 aliphatic heterocycles. The normalized spacial score (nSPS) is 15.9. The third-order valence-corrected chi connectivity index (χ3v) is 4.86. The topological polar surface area (TPSA) is 105 Å². The van der Waals surface area contributed by atoms with Crippen molar-refractivity contribution in [2.75, 3.05) is 30.4 Å². The average Bonchev–Trinajstić information content (AvgIpc) is 3.17. The number of likely N-dealkylation sites (N-methyl/N-ethyl adjacent to an activating group) is 1. The van der Waals surface area contributed by atoms with Crippen molar-refractivity contribution in [1.29, 1.82) is 5.26 Å². The molecule has 0 saturated carbocycles. The molecular formula is C20H24N6O2. The zero-order chi connectivity index (χ0) is 20.1. The van der Waals surface area contributed by atoms with Crippen LogP contribution in [0.15, 0.2) is 30.3 Å². The van der Waals surface area contributed by atoms with Crippen molar-refractivity contribution in [1.82, 2.24) is 14.9 Å². The Balaban J connectivity index is 1.83. The van der Waals surface area contributed by atoms with Crippen molar-refractivity contribution < 1.29 is 9.90 Å². The number of rotatable bonds is 6. The summed E-state index contributed by atoms with van der Waals surface area (Å²) in [5.41, 5.74) is 2.25. The molecule has 1 fully saturated rings. The van der Waals surface area contributed by atoms with Crippen molar-refractivity contribution in [2.45, 2.75) is 32.2 Å². The van der Waals surface area contributed by atoms with Gasteiger partial charge in [-0.05, 0) is 31.0 Å². The van der Waals surface area contributed by atoms with E-state index in [9.17, 15) is 9.90 Å². The first-order chi connectivity index (χ1) is 13.5. The zero-order valence-corrected chi connectivity index (χ0v) is 16.1. The molecule has 1 aromatic heterocycles. The molecule has 2 heterocycles. The molecule has 8 nitrogen and oxygen atoms in total. The van der Waals surface area contributed by atoms with Gasteiger partial charge in [-0.3, -0.25) is 0 Å². The number of nitrogens with zero attached hydrogens (tertiary/aromatic N) is 5. The van der Waals surface area contributed by atoms with E-state index in [2.05, 4.69) is 33.2 Å². The van der Waals surface area contributed by atoms with Crippen molar-refractivity contribution in [3.8, 4) is 6.07 Å². The summed E-state index contributed by atoms with van der Waals surface area (Å²) in [6, 6.07) is 11.2. The van der Waals surface area contributed by atoms with Gasteiger partial charge in [0.1, 0.15) is 5.82 Å². The fraction of sp³-hybridized carbons (Fsp3) is 0.400. The molecule has 0 aliphatic carbocycles. The second-order valence-electron chi connectivity index (χ2n) is 6.89. The van der Waals surface area contributed by atoms with E-state index in [4.69, 9.17) is 5.26 Å². The summed E-state index contributed by atoms with van der Waals surface area (Å²) in [6.07, 6.45) is 1.64. The fourth-order valence-electron chi connectivity index (χ4n) is 3.30. The number of amides is 1. The van der Waals surface area contributed by atoms with Gasteiger partial charge in [-0.1, -0.05) is 19.4 Å². The molecule has 8 heteroatoms. The second kappa shape index (κ2) is 8.57. The number of anilines is 3. The number of aromatic nitrogens is 2. The molecule has 0 unspecified atom stereocenters. The Morgan fingerprint density at radius 3 is 2.96 bits per heavy atom. The lowest BCUT2D eigenvalue weighted by Crippen LogP contribution is -2.38. The number of hydrogen-bond acceptors (Lipinski definition) is 6. The summed E-state index contributed by atoms with van der Waals surface area (Å²) in [6.45, 7) is 3.45. The number of aryl methyl sites for hydroxylation is 1. The fourth-order valence-corrected chi connectivity index (χ4v) is 3.30. The molecule has 1 aromatic carbocycles. The molecule has 1 amide bonds. The van der Waals surface area contributed by atoms with E-state index in [1.165, 1.54) is 4.90 Å². The molecule has 1 aliphatic rings. The van der Waals surface area contributed by atoms with E-state index >= 15 is 0 Å². The predicted molar refractivity (Wildman–Crippen MR) is 107 cm³/mol. The van der Waals surface area contributed by atoms with Crippen LogP contribution in [-0.2, 0) is 6.42 Å². The summed E-state index contributed by atoms with van der Waals surface area (Å²) in [5.74, 6) is 1.27. The lowest BCUT2D eigenvalue weighted by atomic mass is 10.2. The molecule has 2 N–H and O–H groups in total. The van der Waals surface area contributed by atoms with Crippen LogP contribution in [0.4, 0.5) is 22.2 Å². The van der Waals surface area contributed by atoms with E-state index in [1.54, 1.807) is 19.2 Å². The minimum absolute atomic E-state index is 0.0502. The molecule has 146 valence electrons. The summed E-state index contributed by atoms with van der Waals surface area (Å²) in [5, 5.41) is 21.5. The molecule has 0 bridgehead atoms. The second-order valence-corrected chi connectivity index (χ2v) is 6.89. The lowest BCUT2D eigenvalue weighted by molar-refractivity contribution is 0.142. The van der Waals surface area contributed by atoms with Crippen LogP contribution in [0.5, 0.6) is 0 Å². The molecule has 28 heavy (non-hydrogen) atoms. The molecular weight excluding hydrogens is 356 g/mol. The van der Waals surface area contributed by atoms with Crippen molar-refractivity contribution in [2.24, 2.45) is 0 Å². The number of nitriles is 1. The zero-order valence-electron chi connectivity index (χ0n) is 16.1. The van der Waals surface area contributed by atoms with Gasteiger partial charge in [0.25, 0.3) is 0 Å². The van der Waals surface area contributed by atoms with Gasteiger partial charge in [-0.25, -0.2) is 9.78 Å². The first-order valence-electron chi connectivity index (χ1n) is 9.36. The monoisotopic (exact) mass is 380 g/mol. The summed E-state index contributed by atoms with van der Waals surface area (Å²) >= 11 is 0. The van der Waals surface area contributed by atoms with Crippen LogP contribution in [0.25, 0.3) is 0 Å². The van der Waals surface area contributed by atoms with Crippen LogP contribution in [0, 0.1) is 11.3 Å². The van der Waals surface area contributed by atoms with Gasteiger partial charge in [-0.15, -0.1) is 0 Å². The van der Waals surface area contributed by atoms with Gasteiger partial charge >= 0.3 is 6.09 Å². The minimum atomic E-state index is -0.916. The third kappa shape index (κ3) is 4.49. The standard InChI is InChI=1S/C20H24N6O2/c1-3-5-15-11-18(26-9-8-17(13-26)25(2)20(27)28)24-19(22-15)23-16-7-4-6-14(10-16)12-21/h4,6-7,10-11,17H,3,5,8-9,13H2,1-2H3,(H,27,28)(H,22,23,24)/t17-/m1/s1. The predicted octanol–water partition coefficient (Wildman–Crippen LogP) is 3.23. The van der Waals surface area contributed by atoms with E-state index in [0.29, 0.717) is 18.1 Å². The number of benzene rings is 1. The SMILES string of the molecule is CCCc1cc(N2CC[C@@H](N(C)C(=O)O)C2)nc(Nc2cccc(C#N)c2)n1. The maximum absolute atomic E-state index is 11.2. The molecule has 0 spiro atoms. The van der Waals surface area contributed by atoms with Crippen LogP contribution in [0.3, 0.4) is 0 Å². The number of hydrogen-bond donors (Lipinski definition) is 2. The average molecular weight is 380 g/mol. The smallest absolute Gasteiger partial charge is 0.407 e. The van der Waals surface area contributed by atoms with Crippen LogP contribution in [0.2, 0.25) is 0 Å². The highest BCUT2D eigenvalue weighted by Gasteiger charge is 2.29. The summed E-state index contributed by atoms with van der Waals surface area (Å²) in [4.78, 5) is 23.9. The lowest BCUT2D eigenvalue weighted by Gasteiger charge is -2.23. The molecule has 2 aromatic rings. The maximum Gasteiger partial charge on any atom is 0.407 e. The number of carbonyl (C=O) groups is 1. The van der Waals surface area contributed by atoms with Gasteiger partial charge in [0.2, 0.25) is 5.95 Å². The number of carboxylic acid groups (broad SMARTS) is 1. The van der Waals surface area contributed by atoms with E-state index < -0.39 is 6.09 Å². The van der Waals surface area contributed by atoms with Crippen LogP contribution >= 0.6 is 0 Å². The molecule has 1 atom stereocenters. The van der Waals surface area contributed by atoms with E-state index in [0.717, 1.165) is 43.0 Å². The van der Waals surface area contributed by atoms with Gasteiger partial charge in [-0.2, -0.15) is 10.2 Å². The van der Waals surface area contributed by atoms with Crippen LogP contribution < -0.4 is 10.2 Å². The highest BCUT2D eigenvalue weighted by atomic mass is 16.4. The van der Waals surface area contributed by atoms with Crippen LogP contribution in [0.1, 0.15) is 31.0 Å². The van der Waals surface area contributed by atoms with Crippen molar-refractivity contribution in [3.63, 3.8) is 0 Å². The first-order valence-corrected chi connectivity index (χ1v) is 9.36. The Morgan fingerprint density at radius 2 is 2.25 bits per heavy atom. The van der Waals surface area contributed by atoms with E-state index in [1.807, 2.05) is 18.2 Å². The highest BCUT2D eigenvalue weighted by Crippen LogP contribution is 2.24. The Labute approximate surface area is 164 Å². The summed E-state index contributed by atoms with van der Waals surface area (Å²) < 4.78 is 0. The Kier molecular flexibility index (Phi) is 5.94. The molecule has 1 saturated heterocycles. The van der Waals surface area contributed by atoms with Gasteiger partial charge in [0.05, 0.1) is 17.7 Å². The van der Waals surface area contributed by atoms with Crippen molar-refractivity contribution in [3.05, 3.63) is 41.6 Å². The Bertz CT molecular complexity index is 895. The maximum atomic E-state index is 11.2. The van der Waals surface area contributed by atoms with Gasteiger partial charge < -0.3 is 20.2 Å². The first kappa shape index (κ1) is 19.4. The van der Waals surface area contributed by atoms with Gasteiger partial charge in [0, 0.05) is 37.6 Å². The van der Waals surface area contributed by atoms with Crippen molar-refractivity contribution >= 4 is 23.5 Å². The van der Waals surface area contributed by atoms with E-state index in [-0.39, 0.29) is 6.04 Å². The third-order valence-electron chi connectivity index (χ3n) is 4.86. The largest absolute Gasteiger partial charge is 0.465 e. The summed E-state index contributed by atoms with van der Waals surface area (Å²) in [7, 11) is 1.61. The quantitative estimate of drug-likeness (QED) is 0.792. The highest BCUT2D eigenvalue weighted by molar-refractivity contribution is 5.65. The number of nitrogens with one attached hydrogen (secondary N) is 1. The Morgan fingerprint density at radius 1 is 1.43 bits per heavy atom.